The van der Waals surface area contributed by atoms with Crippen molar-refractivity contribution in [1.29, 1.82) is 0 Å². The molecule has 0 radical (unpaired) electrons. The summed E-state index contributed by atoms with van der Waals surface area (Å²) < 4.78 is 1.31. The monoisotopic (exact) mass is 251 g/mol. The van der Waals surface area contributed by atoms with Crippen LogP contribution in [0.2, 0.25) is 0 Å². The van der Waals surface area contributed by atoms with Gasteiger partial charge in [-0.3, -0.25) is 9.59 Å². The van der Waals surface area contributed by atoms with Crippen molar-refractivity contribution in [2.75, 3.05) is 5.73 Å². The molecule has 0 spiro atoms. The average molecular weight is 251 g/mol. The van der Waals surface area contributed by atoms with E-state index in [1.54, 1.807) is 0 Å². The number of carbonyl (C=O) groups excluding carboxylic acids is 1. The first-order valence-corrected chi connectivity index (χ1v) is 6.14. The molecule has 1 aromatic rings. The quantitative estimate of drug-likeness (QED) is 0.819. The van der Waals surface area contributed by atoms with Crippen molar-refractivity contribution in [3.8, 4) is 0 Å². The molecule has 0 saturated carbocycles. The van der Waals surface area contributed by atoms with E-state index in [1.807, 2.05) is 6.92 Å². The van der Waals surface area contributed by atoms with E-state index in [0.717, 1.165) is 6.42 Å². The van der Waals surface area contributed by atoms with Gasteiger partial charge in [-0.05, 0) is 25.3 Å². The Morgan fingerprint density at radius 2 is 2.06 bits per heavy atom. The van der Waals surface area contributed by atoms with Crippen molar-refractivity contribution in [1.82, 2.24) is 9.88 Å². The number of pyridine rings is 1. The number of hydrogen-bond donors (Lipinski definition) is 2. The summed E-state index contributed by atoms with van der Waals surface area (Å²) in [5, 5.41) is 2.87. The fourth-order valence-electron chi connectivity index (χ4n) is 1.91. The minimum Gasteiger partial charge on any atom is -0.398 e. The van der Waals surface area contributed by atoms with Gasteiger partial charge in [0.05, 0.1) is 0 Å². The molecule has 0 aromatic carbocycles. The zero-order valence-electron chi connectivity index (χ0n) is 11.1. The van der Waals surface area contributed by atoms with Gasteiger partial charge in [0.1, 0.15) is 6.54 Å². The predicted octanol–water partition coefficient (Wildman–Crippen LogP) is 0.981. The molecule has 0 bridgehead atoms. The molecule has 0 fully saturated rings. The van der Waals surface area contributed by atoms with E-state index in [1.165, 1.54) is 22.9 Å². The molecule has 1 rings (SSSR count). The van der Waals surface area contributed by atoms with E-state index in [-0.39, 0.29) is 24.1 Å². The Hall–Kier alpha value is -1.78. The maximum atomic E-state index is 11.8. The van der Waals surface area contributed by atoms with E-state index in [0.29, 0.717) is 11.6 Å². The first-order valence-electron chi connectivity index (χ1n) is 6.14. The van der Waals surface area contributed by atoms with Gasteiger partial charge < -0.3 is 15.6 Å². The van der Waals surface area contributed by atoms with Gasteiger partial charge in [-0.25, -0.2) is 0 Å². The molecule has 5 nitrogen and oxygen atoms in total. The van der Waals surface area contributed by atoms with Crippen molar-refractivity contribution in [3.05, 3.63) is 28.7 Å². The topological polar surface area (TPSA) is 77.1 Å². The molecule has 1 amide bonds. The number of nitrogens with two attached hydrogens (primary N) is 1. The van der Waals surface area contributed by atoms with Gasteiger partial charge >= 0.3 is 0 Å². The SMILES string of the molecule is CC(C)CC(C)NC(=O)Cn1cc(N)ccc1=O. The lowest BCUT2D eigenvalue weighted by atomic mass is 10.1. The van der Waals surface area contributed by atoms with Crippen LogP contribution in [-0.4, -0.2) is 16.5 Å². The third-order valence-corrected chi connectivity index (χ3v) is 2.55. The molecule has 3 N–H and O–H groups in total. The largest absolute Gasteiger partial charge is 0.398 e. The number of nitrogen functional groups attached to an aromatic ring is 1. The Morgan fingerprint density at radius 3 is 2.67 bits per heavy atom. The van der Waals surface area contributed by atoms with Gasteiger partial charge in [-0.15, -0.1) is 0 Å². The summed E-state index contributed by atoms with van der Waals surface area (Å²) in [6.07, 6.45) is 2.40. The zero-order chi connectivity index (χ0) is 13.7. The second-order valence-corrected chi connectivity index (χ2v) is 5.03. The van der Waals surface area contributed by atoms with Crippen LogP contribution in [0, 0.1) is 5.92 Å². The van der Waals surface area contributed by atoms with Crippen LogP contribution in [0.15, 0.2) is 23.1 Å². The number of anilines is 1. The molecule has 0 aliphatic rings. The van der Waals surface area contributed by atoms with Crippen molar-refractivity contribution < 1.29 is 4.79 Å². The van der Waals surface area contributed by atoms with E-state index in [4.69, 9.17) is 5.73 Å². The van der Waals surface area contributed by atoms with Crippen molar-refractivity contribution in [2.45, 2.75) is 39.8 Å². The highest BCUT2D eigenvalue weighted by Crippen LogP contribution is 2.03. The number of hydrogen-bond acceptors (Lipinski definition) is 3. The summed E-state index contributed by atoms with van der Waals surface area (Å²) >= 11 is 0. The Balaban J connectivity index is 2.59. The van der Waals surface area contributed by atoms with Gasteiger partial charge in [0.15, 0.2) is 0 Å². The Labute approximate surface area is 107 Å². The zero-order valence-corrected chi connectivity index (χ0v) is 11.1. The smallest absolute Gasteiger partial charge is 0.251 e. The van der Waals surface area contributed by atoms with Crippen molar-refractivity contribution in [2.24, 2.45) is 5.92 Å². The molecule has 0 aliphatic carbocycles. The molecule has 1 atom stereocenters. The highest BCUT2D eigenvalue weighted by Gasteiger charge is 2.10. The van der Waals surface area contributed by atoms with Crippen molar-refractivity contribution in [3.63, 3.8) is 0 Å². The lowest BCUT2D eigenvalue weighted by molar-refractivity contribution is -0.122. The van der Waals surface area contributed by atoms with Crippen LogP contribution in [0.4, 0.5) is 5.69 Å². The number of rotatable bonds is 5. The van der Waals surface area contributed by atoms with Gasteiger partial charge in [-0.1, -0.05) is 13.8 Å². The van der Waals surface area contributed by atoms with Crippen LogP contribution in [-0.2, 0) is 11.3 Å². The molecule has 0 saturated heterocycles. The van der Waals surface area contributed by atoms with Crippen LogP contribution in [0.5, 0.6) is 0 Å². The minimum atomic E-state index is -0.226. The molecule has 5 heteroatoms. The van der Waals surface area contributed by atoms with E-state index < -0.39 is 0 Å². The van der Waals surface area contributed by atoms with Gasteiger partial charge in [0.2, 0.25) is 5.91 Å². The molecular weight excluding hydrogens is 230 g/mol. The molecule has 1 aromatic heterocycles. The third-order valence-electron chi connectivity index (χ3n) is 2.55. The maximum absolute atomic E-state index is 11.8. The summed E-state index contributed by atoms with van der Waals surface area (Å²) in [6, 6.07) is 2.99. The molecule has 1 heterocycles. The number of nitrogens with one attached hydrogen (secondary N) is 1. The standard InChI is InChI=1S/C13H21N3O2/c1-9(2)6-10(3)15-12(17)8-16-7-11(14)4-5-13(16)18/h4-5,7,9-10H,6,8,14H2,1-3H3,(H,15,17). The number of aromatic nitrogens is 1. The third kappa shape index (κ3) is 4.61. The lowest BCUT2D eigenvalue weighted by Crippen LogP contribution is -2.37. The van der Waals surface area contributed by atoms with Crippen LogP contribution < -0.4 is 16.6 Å². The average Bonchev–Trinajstić information content (AvgIpc) is 2.21. The van der Waals surface area contributed by atoms with Crippen LogP contribution in [0.1, 0.15) is 27.2 Å². The molecule has 0 aliphatic heterocycles. The summed E-state index contributed by atoms with van der Waals surface area (Å²) in [5.74, 6) is 0.353. The van der Waals surface area contributed by atoms with Crippen molar-refractivity contribution >= 4 is 11.6 Å². The molecule has 1 unspecified atom stereocenters. The fourth-order valence-corrected chi connectivity index (χ4v) is 1.91. The second-order valence-electron chi connectivity index (χ2n) is 5.03. The summed E-state index contributed by atoms with van der Waals surface area (Å²) in [6.45, 7) is 6.17. The number of nitrogens with zero attached hydrogens (tertiary/aromatic N) is 1. The van der Waals surface area contributed by atoms with Crippen LogP contribution in [0.3, 0.4) is 0 Å². The predicted molar refractivity (Wildman–Crippen MR) is 72.2 cm³/mol. The van der Waals surface area contributed by atoms with Gasteiger partial charge in [-0.2, -0.15) is 0 Å². The molecular formula is C13H21N3O2. The maximum Gasteiger partial charge on any atom is 0.251 e. The van der Waals surface area contributed by atoms with E-state index in [2.05, 4.69) is 19.2 Å². The normalized spacial score (nSPS) is 12.4. The first-order chi connectivity index (χ1) is 8.38. The molecule has 18 heavy (non-hydrogen) atoms. The van der Waals surface area contributed by atoms with Gasteiger partial charge in [0, 0.05) is 24.0 Å². The van der Waals surface area contributed by atoms with Crippen LogP contribution in [0.25, 0.3) is 0 Å². The van der Waals surface area contributed by atoms with E-state index >= 15 is 0 Å². The number of carbonyl (C=O) groups is 1. The first kappa shape index (κ1) is 14.3. The summed E-state index contributed by atoms with van der Waals surface area (Å²) in [5.41, 5.74) is 5.82. The Bertz CT molecular complexity index is 466. The fraction of sp³-hybridized carbons (Fsp3) is 0.538. The lowest BCUT2D eigenvalue weighted by Gasteiger charge is -2.16. The summed E-state index contributed by atoms with van der Waals surface area (Å²) in [7, 11) is 0. The van der Waals surface area contributed by atoms with E-state index in [9.17, 15) is 9.59 Å². The Kier molecular flexibility index (Phi) is 4.95. The highest BCUT2D eigenvalue weighted by atomic mass is 16.2. The highest BCUT2D eigenvalue weighted by molar-refractivity contribution is 5.76. The minimum absolute atomic E-state index is 0.00626. The Morgan fingerprint density at radius 1 is 1.39 bits per heavy atom. The van der Waals surface area contributed by atoms with Crippen LogP contribution >= 0.6 is 0 Å². The van der Waals surface area contributed by atoms with Gasteiger partial charge in [0.25, 0.3) is 5.56 Å². The number of amides is 1. The summed E-state index contributed by atoms with van der Waals surface area (Å²) in [4.78, 5) is 23.3. The molecule has 100 valence electrons. The second kappa shape index (κ2) is 6.23.